The van der Waals surface area contributed by atoms with E-state index < -0.39 is 4.92 Å². The molecule has 7 nitrogen and oxygen atoms in total. The summed E-state index contributed by atoms with van der Waals surface area (Å²) in [6.07, 6.45) is 6.78. The molecule has 4 aliphatic carbocycles. The number of rotatable bonds is 3. The van der Waals surface area contributed by atoms with Crippen LogP contribution in [0.25, 0.3) is 0 Å². The number of non-ortho nitro benzene ring substituents is 1. The van der Waals surface area contributed by atoms with Crippen LogP contribution >= 0.6 is 0 Å². The van der Waals surface area contributed by atoms with Crippen LogP contribution in [0.15, 0.2) is 41.5 Å². The Morgan fingerprint density at radius 1 is 1.04 bits per heavy atom. The maximum Gasteiger partial charge on any atom is 0.269 e. The monoisotopic (exact) mass is 337 g/mol. The molecular formula is C18H15N3O4. The number of carbonyl (C=O) groups is 2. The molecule has 2 saturated carbocycles. The van der Waals surface area contributed by atoms with Gasteiger partial charge < -0.3 is 0 Å². The van der Waals surface area contributed by atoms with E-state index in [1.165, 1.54) is 18.3 Å². The minimum atomic E-state index is -0.479. The molecule has 126 valence electrons. The van der Waals surface area contributed by atoms with Crippen LogP contribution in [0.2, 0.25) is 0 Å². The Bertz CT molecular complexity index is 824. The standard InChI is InChI=1S/C18H15N3O4/c22-17-15-11-5-6-12(14-7-13(11)14)16(15)18(23)20(17)19-8-9-1-3-10(4-2-9)21(24)25/h1-6,8,11-16H,7H2/b19-8-/t11-,12-,13-,14-,15-,16+/m0/s1. The van der Waals surface area contributed by atoms with Crippen LogP contribution in [-0.4, -0.2) is 28.0 Å². The molecule has 1 aromatic rings. The van der Waals surface area contributed by atoms with Gasteiger partial charge in [0, 0.05) is 12.1 Å². The minimum Gasteiger partial charge on any atom is -0.272 e. The number of hydrazone groups is 1. The highest BCUT2D eigenvalue weighted by Gasteiger charge is 2.67. The molecule has 2 amide bonds. The largest absolute Gasteiger partial charge is 0.272 e. The molecular weight excluding hydrogens is 322 g/mol. The van der Waals surface area contributed by atoms with E-state index in [-0.39, 0.29) is 41.2 Å². The van der Waals surface area contributed by atoms with Gasteiger partial charge in [-0.1, -0.05) is 12.2 Å². The third-order valence-corrected chi connectivity index (χ3v) is 6.07. The number of benzene rings is 1. The van der Waals surface area contributed by atoms with Crippen LogP contribution in [0.3, 0.4) is 0 Å². The van der Waals surface area contributed by atoms with Crippen LogP contribution < -0.4 is 0 Å². The molecule has 0 aromatic heterocycles. The Balaban J connectivity index is 1.39. The van der Waals surface area contributed by atoms with Crippen molar-refractivity contribution in [1.29, 1.82) is 0 Å². The van der Waals surface area contributed by atoms with Gasteiger partial charge in [-0.25, -0.2) is 0 Å². The van der Waals surface area contributed by atoms with Crippen molar-refractivity contribution in [1.82, 2.24) is 5.01 Å². The fraction of sp³-hybridized carbons (Fsp3) is 0.389. The molecule has 25 heavy (non-hydrogen) atoms. The topological polar surface area (TPSA) is 92.9 Å². The second kappa shape index (κ2) is 4.84. The Morgan fingerprint density at radius 3 is 2.12 bits per heavy atom. The van der Waals surface area contributed by atoms with E-state index in [0.717, 1.165) is 11.4 Å². The normalized spacial score (nSPS) is 37.5. The lowest BCUT2D eigenvalue weighted by atomic mass is 9.63. The molecule has 1 saturated heterocycles. The van der Waals surface area contributed by atoms with Crippen molar-refractivity contribution >= 4 is 23.7 Å². The molecule has 7 heteroatoms. The van der Waals surface area contributed by atoms with Gasteiger partial charge in [0.15, 0.2) is 0 Å². The molecule has 1 aliphatic heterocycles. The summed E-state index contributed by atoms with van der Waals surface area (Å²) in [6.45, 7) is 0. The van der Waals surface area contributed by atoms with Gasteiger partial charge in [-0.2, -0.15) is 10.1 Å². The molecule has 1 heterocycles. The van der Waals surface area contributed by atoms with Gasteiger partial charge >= 0.3 is 0 Å². The average molecular weight is 337 g/mol. The van der Waals surface area contributed by atoms with Gasteiger partial charge in [0.1, 0.15) is 0 Å². The quantitative estimate of drug-likeness (QED) is 0.277. The molecule has 2 bridgehead atoms. The number of nitrogens with zero attached hydrogens (tertiary/aromatic N) is 3. The van der Waals surface area contributed by atoms with Crippen molar-refractivity contribution < 1.29 is 14.5 Å². The lowest BCUT2D eigenvalue weighted by molar-refractivity contribution is -0.384. The van der Waals surface area contributed by atoms with E-state index in [1.54, 1.807) is 12.1 Å². The molecule has 1 aromatic carbocycles. The molecule has 3 fully saturated rings. The predicted octanol–water partition coefficient (Wildman–Crippen LogP) is 1.98. The van der Waals surface area contributed by atoms with Crippen molar-refractivity contribution in [2.24, 2.45) is 40.6 Å². The van der Waals surface area contributed by atoms with Gasteiger partial charge in [0.25, 0.3) is 17.5 Å². The summed E-state index contributed by atoms with van der Waals surface area (Å²) in [7, 11) is 0. The Hall–Kier alpha value is -2.83. The Morgan fingerprint density at radius 2 is 1.60 bits per heavy atom. The second-order valence-corrected chi connectivity index (χ2v) is 7.24. The van der Waals surface area contributed by atoms with Gasteiger partial charge in [-0.3, -0.25) is 19.7 Å². The highest BCUT2D eigenvalue weighted by molar-refractivity contribution is 6.06. The van der Waals surface area contributed by atoms with Crippen molar-refractivity contribution in [3.63, 3.8) is 0 Å². The first-order chi connectivity index (χ1) is 12.1. The van der Waals surface area contributed by atoms with Crippen LogP contribution in [-0.2, 0) is 9.59 Å². The first kappa shape index (κ1) is 14.5. The maximum absolute atomic E-state index is 12.7. The minimum absolute atomic E-state index is 0.0154. The van der Waals surface area contributed by atoms with Gasteiger partial charge in [0.2, 0.25) is 0 Å². The van der Waals surface area contributed by atoms with Crippen molar-refractivity contribution in [3.8, 4) is 0 Å². The summed E-state index contributed by atoms with van der Waals surface area (Å²) in [5, 5.41) is 15.8. The summed E-state index contributed by atoms with van der Waals surface area (Å²) < 4.78 is 0. The van der Waals surface area contributed by atoms with E-state index in [0.29, 0.717) is 17.4 Å². The smallest absolute Gasteiger partial charge is 0.269 e. The highest BCUT2D eigenvalue weighted by atomic mass is 16.6. The number of hydrogen-bond donors (Lipinski definition) is 0. The van der Waals surface area contributed by atoms with Crippen LogP contribution in [0.4, 0.5) is 5.69 Å². The molecule has 0 N–H and O–H groups in total. The third kappa shape index (κ3) is 1.95. The maximum atomic E-state index is 12.7. The Labute approximate surface area is 143 Å². The first-order valence-electron chi connectivity index (χ1n) is 8.41. The van der Waals surface area contributed by atoms with E-state index >= 15 is 0 Å². The van der Waals surface area contributed by atoms with E-state index in [4.69, 9.17) is 0 Å². The molecule has 0 radical (unpaired) electrons. The van der Waals surface area contributed by atoms with Crippen molar-refractivity contribution in [2.45, 2.75) is 6.42 Å². The lowest BCUT2D eigenvalue weighted by Gasteiger charge is -2.37. The first-order valence-corrected chi connectivity index (χ1v) is 8.41. The molecule has 6 atom stereocenters. The van der Waals surface area contributed by atoms with Crippen molar-refractivity contribution in [3.05, 3.63) is 52.1 Å². The molecule has 0 spiro atoms. The molecule has 0 unspecified atom stereocenters. The fourth-order valence-electron chi connectivity index (χ4n) is 4.86. The summed E-state index contributed by atoms with van der Waals surface area (Å²) in [6, 6.07) is 5.82. The van der Waals surface area contributed by atoms with Gasteiger partial charge in [0.05, 0.1) is 23.0 Å². The third-order valence-electron chi connectivity index (χ3n) is 6.07. The zero-order valence-corrected chi connectivity index (χ0v) is 13.2. The fourth-order valence-corrected chi connectivity index (χ4v) is 4.86. The number of nitro benzene ring substituents is 1. The summed E-state index contributed by atoms with van der Waals surface area (Å²) in [4.78, 5) is 35.7. The van der Waals surface area contributed by atoms with Crippen molar-refractivity contribution in [2.75, 3.05) is 0 Å². The number of allylic oxidation sites excluding steroid dienone is 2. The number of hydrogen-bond acceptors (Lipinski definition) is 5. The summed E-state index contributed by atoms with van der Waals surface area (Å²) in [5.74, 6) is 0.529. The number of carbonyl (C=O) groups excluding carboxylic acids is 2. The molecule has 5 aliphatic rings. The number of amides is 2. The van der Waals surface area contributed by atoms with Gasteiger partial charge in [-0.15, -0.1) is 0 Å². The van der Waals surface area contributed by atoms with E-state index in [2.05, 4.69) is 17.3 Å². The zero-order chi connectivity index (χ0) is 17.3. The second-order valence-electron chi connectivity index (χ2n) is 7.24. The van der Waals surface area contributed by atoms with Gasteiger partial charge in [-0.05, 0) is 47.8 Å². The van der Waals surface area contributed by atoms with E-state index in [9.17, 15) is 19.7 Å². The predicted molar refractivity (Wildman–Crippen MR) is 87.2 cm³/mol. The lowest BCUT2D eigenvalue weighted by Crippen LogP contribution is -2.40. The highest BCUT2D eigenvalue weighted by Crippen LogP contribution is 2.65. The van der Waals surface area contributed by atoms with Crippen LogP contribution in [0.1, 0.15) is 12.0 Å². The Kier molecular flexibility index (Phi) is 2.81. The van der Waals surface area contributed by atoms with Crippen LogP contribution in [0.5, 0.6) is 0 Å². The number of nitro groups is 1. The average Bonchev–Trinajstić information content (AvgIpc) is 3.39. The summed E-state index contributed by atoms with van der Waals surface area (Å²) >= 11 is 0. The van der Waals surface area contributed by atoms with Crippen LogP contribution in [0, 0.1) is 45.6 Å². The summed E-state index contributed by atoms with van der Waals surface area (Å²) in [5.41, 5.74) is 0.586. The molecule has 6 rings (SSSR count). The SMILES string of the molecule is O=C1[C@@H]2[C@H]3C=C[C@@H]([C@@H]4C[C@@H]34)[C@@H]2C(=O)N1/N=C\c1ccc([N+](=O)[O-])cc1. The zero-order valence-electron chi connectivity index (χ0n) is 13.2. The number of imide groups is 1. The van der Waals surface area contributed by atoms with E-state index in [1.807, 2.05) is 0 Å².